The molecule has 2 aliphatic heterocycles. The van der Waals surface area contributed by atoms with Crippen LogP contribution in [0.25, 0.3) is 10.9 Å². The van der Waals surface area contributed by atoms with Crippen molar-refractivity contribution in [1.82, 2.24) is 9.88 Å². The van der Waals surface area contributed by atoms with Crippen LogP contribution < -0.4 is 4.74 Å². The second-order valence-electron chi connectivity index (χ2n) is 10.9. The largest absolute Gasteiger partial charge is 0.504 e. The summed E-state index contributed by atoms with van der Waals surface area (Å²) >= 11 is 4.82. The summed E-state index contributed by atoms with van der Waals surface area (Å²) in [5.41, 5.74) is 4.56. The molecule has 172 valence electrons. The van der Waals surface area contributed by atoms with Gasteiger partial charge in [-0.15, -0.1) is 0 Å². The van der Waals surface area contributed by atoms with Crippen molar-refractivity contribution in [3.05, 3.63) is 52.7 Å². The van der Waals surface area contributed by atoms with E-state index in [1.54, 1.807) is 6.07 Å². The minimum atomic E-state index is -0.984. The molecule has 3 heterocycles. The summed E-state index contributed by atoms with van der Waals surface area (Å²) in [5, 5.41) is 27.1. The number of piperidine rings is 1. The SMILES string of the molecule is Oc1ccc2c3c1O[C@@H]1c4[nH]c5ccc(N=C=S)cc5c4C[C@]4(O)[C@@H](C2)N(CC2CC2)CC[C@]314. The van der Waals surface area contributed by atoms with Gasteiger partial charge in [0.25, 0.3) is 0 Å². The average Bonchev–Trinajstić information content (AvgIpc) is 3.46. The predicted octanol–water partition coefficient (Wildman–Crippen LogP) is 4.31. The number of aromatic amines is 1. The van der Waals surface area contributed by atoms with Crippen molar-refractivity contribution < 1.29 is 14.9 Å². The van der Waals surface area contributed by atoms with Gasteiger partial charge in [0.05, 0.1) is 27.6 Å². The molecule has 1 saturated carbocycles. The molecule has 1 aromatic heterocycles. The number of fused-ring (bicyclic) bond motifs is 4. The zero-order chi connectivity index (χ0) is 22.8. The summed E-state index contributed by atoms with van der Waals surface area (Å²) in [6.07, 6.45) is 4.37. The molecule has 4 atom stereocenters. The first-order valence-corrected chi connectivity index (χ1v) is 12.6. The first-order valence-electron chi connectivity index (χ1n) is 12.2. The molecule has 3 aliphatic carbocycles. The van der Waals surface area contributed by atoms with E-state index in [9.17, 15) is 10.2 Å². The molecule has 3 aromatic rings. The van der Waals surface area contributed by atoms with Crippen LogP contribution in [0.15, 0.2) is 35.3 Å². The van der Waals surface area contributed by atoms with Crippen LogP contribution in [0.1, 0.15) is 47.8 Å². The lowest BCUT2D eigenvalue weighted by atomic mass is 9.49. The number of thiocarbonyl (C=S) groups is 1. The van der Waals surface area contributed by atoms with E-state index in [1.807, 2.05) is 24.3 Å². The number of phenols is 1. The van der Waals surface area contributed by atoms with E-state index in [-0.39, 0.29) is 17.9 Å². The van der Waals surface area contributed by atoms with Gasteiger partial charge >= 0.3 is 0 Å². The monoisotopic (exact) mass is 471 g/mol. The molecule has 1 spiro atoms. The second kappa shape index (κ2) is 6.29. The number of hydrogen-bond donors (Lipinski definition) is 3. The van der Waals surface area contributed by atoms with E-state index in [0.29, 0.717) is 12.2 Å². The number of aliphatic imine (C=N–C) groups is 1. The number of ether oxygens (including phenoxy) is 1. The number of nitrogens with one attached hydrogen (secondary N) is 1. The number of isothiocyanates is 1. The Morgan fingerprint density at radius 2 is 2.15 bits per heavy atom. The predicted molar refractivity (Wildman–Crippen MR) is 131 cm³/mol. The van der Waals surface area contributed by atoms with E-state index >= 15 is 0 Å². The fourth-order valence-electron chi connectivity index (χ4n) is 7.73. The number of aromatic nitrogens is 1. The zero-order valence-corrected chi connectivity index (χ0v) is 19.5. The molecule has 2 fully saturated rings. The molecule has 8 rings (SSSR count). The maximum atomic E-state index is 12.8. The lowest BCUT2D eigenvalue weighted by Crippen LogP contribution is -2.74. The highest BCUT2D eigenvalue weighted by Gasteiger charge is 2.72. The Bertz CT molecular complexity index is 1460. The summed E-state index contributed by atoms with van der Waals surface area (Å²) in [6, 6.07) is 9.79. The van der Waals surface area contributed by atoms with Crippen LogP contribution in [0, 0.1) is 5.92 Å². The summed E-state index contributed by atoms with van der Waals surface area (Å²) < 4.78 is 6.62. The Morgan fingerprint density at radius 1 is 1.26 bits per heavy atom. The summed E-state index contributed by atoms with van der Waals surface area (Å²) in [6.45, 7) is 2.00. The lowest BCUT2D eigenvalue weighted by Gasteiger charge is -2.62. The van der Waals surface area contributed by atoms with Crippen molar-refractivity contribution >= 4 is 34.0 Å². The molecule has 2 bridgehead atoms. The van der Waals surface area contributed by atoms with Gasteiger partial charge in [-0.25, -0.2) is 0 Å². The number of rotatable bonds is 3. The lowest BCUT2D eigenvalue weighted by molar-refractivity contribution is -0.173. The van der Waals surface area contributed by atoms with Gasteiger partial charge in [0.2, 0.25) is 0 Å². The smallest absolute Gasteiger partial charge is 0.166 e. The molecule has 2 aromatic carbocycles. The maximum Gasteiger partial charge on any atom is 0.166 e. The van der Waals surface area contributed by atoms with E-state index in [1.165, 1.54) is 18.4 Å². The zero-order valence-electron chi connectivity index (χ0n) is 18.7. The van der Waals surface area contributed by atoms with Gasteiger partial charge in [0.15, 0.2) is 17.6 Å². The van der Waals surface area contributed by atoms with Crippen molar-refractivity contribution in [2.75, 3.05) is 13.1 Å². The van der Waals surface area contributed by atoms with Crippen LogP contribution in [0.5, 0.6) is 11.5 Å². The normalized spacial score (nSPS) is 32.6. The number of hydrogen-bond acceptors (Lipinski definition) is 6. The Balaban J connectivity index is 1.40. The van der Waals surface area contributed by atoms with Crippen LogP contribution >= 0.6 is 12.2 Å². The van der Waals surface area contributed by atoms with Gasteiger partial charge < -0.3 is 19.9 Å². The number of phenolic OH excluding ortho intramolecular Hbond substituents is 1. The summed E-state index contributed by atoms with van der Waals surface area (Å²) in [5.74, 6) is 1.49. The van der Waals surface area contributed by atoms with E-state index in [4.69, 9.17) is 17.0 Å². The molecule has 0 amide bonds. The third kappa shape index (κ3) is 2.20. The Kier molecular flexibility index (Phi) is 3.63. The molecular formula is C27H25N3O3S. The van der Waals surface area contributed by atoms with E-state index in [0.717, 1.165) is 65.3 Å². The fourth-order valence-corrected chi connectivity index (χ4v) is 7.84. The van der Waals surface area contributed by atoms with Crippen LogP contribution in [0.4, 0.5) is 5.69 Å². The minimum absolute atomic E-state index is 0.0243. The summed E-state index contributed by atoms with van der Waals surface area (Å²) in [4.78, 5) is 10.4. The van der Waals surface area contributed by atoms with Gasteiger partial charge in [0, 0.05) is 35.5 Å². The number of likely N-dealkylation sites (tertiary alicyclic amines) is 1. The van der Waals surface area contributed by atoms with Crippen LogP contribution in [-0.2, 0) is 18.3 Å². The van der Waals surface area contributed by atoms with Gasteiger partial charge in [0.1, 0.15) is 0 Å². The molecule has 0 radical (unpaired) electrons. The van der Waals surface area contributed by atoms with Gasteiger partial charge in [-0.1, -0.05) is 6.07 Å². The van der Waals surface area contributed by atoms with Gasteiger partial charge in [-0.2, -0.15) is 4.99 Å². The van der Waals surface area contributed by atoms with E-state index in [2.05, 4.69) is 20.0 Å². The first kappa shape index (κ1) is 19.6. The highest BCUT2D eigenvalue weighted by atomic mass is 32.1. The number of nitrogens with zero attached hydrogens (tertiary/aromatic N) is 2. The van der Waals surface area contributed by atoms with Crippen LogP contribution in [0.3, 0.4) is 0 Å². The average molecular weight is 472 g/mol. The minimum Gasteiger partial charge on any atom is -0.504 e. The molecule has 3 N–H and O–H groups in total. The van der Waals surface area contributed by atoms with Crippen molar-refractivity contribution in [2.45, 2.75) is 55.3 Å². The Morgan fingerprint density at radius 3 is 2.97 bits per heavy atom. The second-order valence-corrected chi connectivity index (χ2v) is 11.1. The van der Waals surface area contributed by atoms with Gasteiger partial charge in [-0.05, 0) is 85.8 Å². The molecule has 1 saturated heterocycles. The Labute approximate surface area is 202 Å². The van der Waals surface area contributed by atoms with Crippen LogP contribution in [0.2, 0.25) is 0 Å². The van der Waals surface area contributed by atoms with Crippen molar-refractivity contribution in [3.63, 3.8) is 0 Å². The molecule has 5 aliphatic rings. The van der Waals surface area contributed by atoms with E-state index < -0.39 is 11.0 Å². The molecule has 7 heteroatoms. The fraction of sp³-hybridized carbons (Fsp3) is 0.444. The maximum absolute atomic E-state index is 12.8. The molecule has 34 heavy (non-hydrogen) atoms. The first-order chi connectivity index (χ1) is 16.5. The molecular weight excluding hydrogens is 446 g/mol. The number of aliphatic hydroxyl groups is 1. The van der Waals surface area contributed by atoms with Gasteiger partial charge in [-0.3, -0.25) is 4.90 Å². The van der Waals surface area contributed by atoms with Crippen molar-refractivity contribution in [2.24, 2.45) is 10.9 Å². The third-order valence-corrected chi connectivity index (χ3v) is 9.41. The number of benzene rings is 2. The van der Waals surface area contributed by atoms with Crippen molar-refractivity contribution in [3.8, 4) is 11.5 Å². The molecule has 6 nitrogen and oxygen atoms in total. The third-order valence-electron chi connectivity index (χ3n) is 9.32. The highest BCUT2D eigenvalue weighted by Crippen LogP contribution is 2.69. The van der Waals surface area contributed by atoms with Crippen LogP contribution in [-0.4, -0.2) is 50.0 Å². The Hall–Kier alpha value is -2.70. The summed E-state index contributed by atoms with van der Waals surface area (Å²) in [7, 11) is 0. The standard InChI is InChI=1S/C27H25N3O3S/c31-20-6-3-15-9-21-27(32)11-18-17-10-16(28-13-34)4-5-19(17)29-23(18)25-26(27,22(15)24(20)33-25)7-8-30(21)12-14-1-2-14/h3-6,10,14,21,25,29,31-32H,1-2,7-9,11-12H2/t21-,25-,26+,27+/m1/s1. The number of H-pyrrole nitrogens is 1. The number of aromatic hydroxyl groups is 1. The van der Waals surface area contributed by atoms with Crippen molar-refractivity contribution in [1.29, 1.82) is 0 Å². The quantitative estimate of drug-likeness (QED) is 0.392. The topological polar surface area (TPSA) is 81.1 Å². The molecule has 0 unspecified atom stereocenters. The highest BCUT2D eigenvalue weighted by molar-refractivity contribution is 7.78.